The zero-order valence-electron chi connectivity index (χ0n) is 16.7. The average molecular weight is 414 g/mol. The van der Waals surface area contributed by atoms with E-state index in [1.54, 1.807) is 23.8 Å². The van der Waals surface area contributed by atoms with E-state index in [9.17, 15) is 14.7 Å². The number of anilines is 1. The number of esters is 1. The third-order valence-corrected chi connectivity index (χ3v) is 6.37. The van der Waals surface area contributed by atoms with E-state index in [2.05, 4.69) is 4.98 Å². The van der Waals surface area contributed by atoms with Gasteiger partial charge in [0.05, 0.1) is 46.4 Å². The third-order valence-electron chi connectivity index (χ3n) is 6.37. The molecule has 8 nitrogen and oxygen atoms in total. The molecule has 1 atom stereocenters. The van der Waals surface area contributed by atoms with Crippen LogP contribution in [0.3, 0.4) is 0 Å². The van der Waals surface area contributed by atoms with Crippen molar-refractivity contribution >= 4 is 33.5 Å². The second-order valence-electron chi connectivity index (χ2n) is 8.07. The summed E-state index contributed by atoms with van der Waals surface area (Å²) in [6.45, 7) is 1.90. The number of aromatic nitrogens is 3. The molecule has 0 bridgehead atoms. The largest absolute Gasteiger partial charge is 0.458 e. The van der Waals surface area contributed by atoms with Gasteiger partial charge in [0.15, 0.2) is 5.60 Å². The lowest BCUT2D eigenvalue weighted by atomic mass is 9.86. The van der Waals surface area contributed by atoms with Gasteiger partial charge in [-0.05, 0) is 36.8 Å². The van der Waals surface area contributed by atoms with Crippen LogP contribution in [0.15, 0.2) is 41.3 Å². The van der Waals surface area contributed by atoms with E-state index in [0.29, 0.717) is 34.7 Å². The number of nitrogen functional groups attached to an aromatic ring is 1. The van der Waals surface area contributed by atoms with Gasteiger partial charge < -0.3 is 20.1 Å². The second-order valence-corrected chi connectivity index (χ2v) is 8.07. The Morgan fingerprint density at radius 3 is 2.77 bits per heavy atom. The summed E-state index contributed by atoms with van der Waals surface area (Å²) >= 11 is 0. The number of nitrogens with zero attached hydrogens (tertiary/aromatic N) is 3. The van der Waals surface area contributed by atoms with Crippen molar-refractivity contribution in [3.63, 3.8) is 0 Å². The van der Waals surface area contributed by atoms with Crippen LogP contribution in [0.5, 0.6) is 0 Å². The minimum atomic E-state index is -1.83. The van der Waals surface area contributed by atoms with Crippen LogP contribution in [0.1, 0.15) is 30.0 Å². The van der Waals surface area contributed by atoms with Gasteiger partial charge in [0.2, 0.25) is 0 Å². The van der Waals surface area contributed by atoms with E-state index in [0.717, 1.165) is 27.4 Å². The normalized spacial score (nSPS) is 19.2. The molecule has 0 radical (unpaired) electrons. The van der Waals surface area contributed by atoms with E-state index in [1.165, 1.54) is 0 Å². The summed E-state index contributed by atoms with van der Waals surface area (Å²) in [6.07, 6.45) is 1.73. The van der Waals surface area contributed by atoms with Crippen LogP contribution in [-0.4, -0.2) is 25.6 Å². The highest BCUT2D eigenvalue weighted by molar-refractivity contribution is 6.06. The molecule has 8 heteroatoms. The standard InChI is InChI=1S/C23H18N4O4/c1-2-23(30)16-7-19-20-11(9-27(19)21(28)15(16)10-31-22(23)29)5-13-14-6-12(24)8-25-17(14)3-4-18(13)26-20/h3-8,30H,2,9-10,24H2,1H3/t23-/m0/s1. The summed E-state index contributed by atoms with van der Waals surface area (Å²) in [4.78, 5) is 34.7. The molecule has 6 rings (SSSR count). The van der Waals surface area contributed by atoms with Crippen LogP contribution in [0, 0.1) is 0 Å². The molecule has 3 N–H and O–H groups in total. The lowest BCUT2D eigenvalue weighted by Crippen LogP contribution is -2.44. The number of hydrogen-bond donors (Lipinski definition) is 2. The number of ether oxygens (including phenoxy) is 1. The molecule has 0 fully saturated rings. The lowest BCUT2D eigenvalue weighted by molar-refractivity contribution is -0.172. The smallest absolute Gasteiger partial charge is 0.343 e. The van der Waals surface area contributed by atoms with Gasteiger partial charge in [-0.25, -0.2) is 9.78 Å². The van der Waals surface area contributed by atoms with E-state index < -0.39 is 11.6 Å². The van der Waals surface area contributed by atoms with Crippen molar-refractivity contribution in [1.29, 1.82) is 0 Å². The Morgan fingerprint density at radius 2 is 1.97 bits per heavy atom. The highest BCUT2D eigenvalue weighted by Crippen LogP contribution is 2.39. The first kappa shape index (κ1) is 18.0. The van der Waals surface area contributed by atoms with Crippen LogP contribution in [-0.2, 0) is 28.3 Å². The molecule has 4 aromatic rings. The lowest BCUT2D eigenvalue weighted by Gasteiger charge is -2.31. The Bertz CT molecular complexity index is 1520. The Hall–Kier alpha value is -3.78. The first-order chi connectivity index (χ1) is 14.9. The van der Waals surface area contributed by atoms with Gasteiger partial charge in [-0.1, -0.05) is 6.92 Å². The van der Waals surface area contributed by atoms with Gasteiger partial charge in [0, 0.05) is 21.9 Å². The predicted molar refractivity (Wildman–Crippen MR) is 114 cm³/mol. The first-order valence-corrected chi connectivity index (χ1v) is 10.1. The Labute approximate surface area is 175 Å². The van der Waals surface area contributed by atoms with Gasteiger partial charge in [0.25, 0.3) is 5.56 Å². The van der Waals surface area contributed by atoms with E-state index in [-0.39, 0.29) is 18.6 Å². The van der Waals surface area contributed by atoms with Gasteiger partial charge in [0.1, 0.15) is 6.61 Å². The van der Waals surface area contributed by atoms with Crippen molar-refractivity contribution in [2.24, 2.45) is 0 Å². The molecule has 2 aliphatic rings. The average Bonchev–Trinajstić information content (AvgIpc) is 3.13. The molecule has 1 aromatic carbocycles. The van der Waals surface area contributed by atoms with E-state index >= 15 is 0 Å². The van der Waals surface area contributed by atoms with Crippen LogP contribution >= 0.6 is 0 Å². The van der Waals surface area contributed by atoms with Crippen molar-refractivity contribution in [1.82, 2.24) is 14.5 Å². The number of aliphatic hydroxyl groups is 1. The maximum Gasteiger partial charge on any atom is 0.343 e. The zero-order valence-corrected chi connectivity index (χ0v) is 16.7. The highest BCUT2D eigenvalue weighted by atomic mass is 16.6. The molecule has 5 heterocycles. The SMILES string of the molecule is CC[C@@]1(O)C(=O)OCc2c1cc1n(c2=O)Cc2cc3c(ccc4ncc(N)cc43)nc2-1. The number of carbonyl (C=O) groups is 1. The molecule has 31 heavy (non-hydrogen) atoms. The molecule has 3 aromatic heterocycles. The summed E-state index contributed by atoms with van der Waals surface area (Å²) in [5.74, 6) is -0.729. The molecule has 0 amide bonds. The van der Waals surface area contributed by atoms with Crippen LogP contribution in [0.2, 0.25) is 0 Å². The molecule has 154 valence electrons. The summed E-state index contributed by atoms with van der Waals surface area (Å²) in [5.41, 5.74) is 8.74. The number of pyridine rings is 3. The Morgan fingerprint density at radius 1 is 1.19 bits per heavy atom. The number of fused-ring (bicyclic) bond motifs is 7. The topological polar surface area (TPSA) is 120 Å². The molecule has 0 unspecified atom stereocenters. The third kappa shape index (κ3) is 2.28. The Kier molecular flexibility index (Phi) is 3.42. The van der Waals surface area contributed by atoms with Crippen molar-refractivity contribution in [2.45, 2.75) is 32.1 Å². The van der Waals surface area contributed by atoms with Gasteiger partial charge in [-0.2, -0.15) is 0 Å². The molecular weight excluding hydrogens is 396 g/mol. The van der Waals surface area contributed by atoms with E-state index in [1.807, 2.05) is 24.3 Å². The maximum absolute atomic E-state index is 13.2. The van der Waals surface area contributed by atoms with Crippen molar-refractivity contribution in [3.8, 4) is 11.4 Å². The number of benzene rings is 1. The monoisotopic (exact) mass is 414 g/mol. The molecular formula is C23H18N4O4. The predicted octanol–water partition coefficient (Wildman–Crippen LogP) is 2.21. The highest BCUT2D eigenvalue weighted by Gasteiger charge is 2.45. The van der Waals surface area contributed by atoms with Crippen molar-refractivity contribution < 1.29 is 14.6 Å². The molecule has 0 saturated carbocycles. The summed E-state index contributed by atoms with van der Waals surface area (Å²) in [5, 5.41) is 12.8. The number of rotatable bonds is 1. The van der Waals surface area contributed by atoms with Crippen LogP contribution < -0.4 is 11.3 Å². The second kappa shape index (κ2) is 5.89. The molecule has 0 spiro atoms. The van der Waals surface area contributed by atoms with Crippen LogP contribution in [0.4, 0.5) is 5.69 Å². The minimum Gasteiger partial charge on any atom is -0.458 e. The Balaban J connectivity index is 1.63. The number of nitrogens with two attached hydrogens (primary N) is 1. The maximum atomic E-state index is 13.2. The fourth-order valence-electron chi connectivity index (χ4n) is 4.68. The zero-order chi connectivity index (χ0) is 21.5. The molecule has 0 saturated heterocycles. The summed E-state index contributed by atoms with van der Waals surface area (Å²) in [6, 6.07) is 9.37. The molecule has 0 aliphatic carbocycles. The molecule has 2 aliphatic heterocycles. The number of cyclic esters (lactones) is 1. The number of carbonyl (C=O) groups excluding carboxylic acids is 1. The fourth-order valence-corrected chi connectivity index (χ4v) is 4.68. The fraction of sp³-hybridized carbons (Fsp3) is 0.217. The van der Waals surface area contributed by atoms with Crippen molar-refractivity contribution in [3.05, 3.63) is 63.6 Å². The van der Waals surface area contributed by atoms with Crippen molar-refractivity contribution in [2.75, 3.05) is 5.73 Å². The van der Waals surface area contributed by atoms with Gasteiger partial charge in [-0.3, -0.25) is 9.78 Å². The summed E-state index contributed by atoms with van der Waals surface area (Å²) in [7, 11) is 0. The van der Waals surface area contributed by atoms with Gasteiger partial charge >= 0.3 is 5.97 Å². The van der Waals surface area contributed by atoms with Gasteiger partial charge in [-0.15, -0.1) is 0 Å². The quantitative estimate of drug-likeness (QED) is 0.319. The number of hydrogen-bond acceptors (Lipinski definition) is 7. The first-order valence-electron chi connectivity index (χ1n) is 10.1. The summed E-state index contributed by atoms with van der Waals surface area (Å²) < 4.78 is 6.74. The minimum absolute atomic E-state index is 0.111. The van der Waals surface area contributed by atoms with Crippen LogP contribution in [0.25, 0.3) is 33.2 Å². The van der Waals surface area contributed by atoms with E-state index in [4.69, 9.17) is 15.5 Å².